The second-order valence-corrected chi connectivity index (χ2v) is 3.81. The van der Waals surface area contributed by atoms with Crippen LogP contribution in [0.5, 0.6) is 0 Å². The highest BCUT2D eigenvalue weighted by molar-refractivity contribution is 5.79. The van der Waals surface area contributed by atoms with Gasteiger partial charge < -0.3 is 14.9 Å². The average molecular weight is 232 g/mol. The molecule has 2 unspecified atom stereocenters. The lowest BCUT2D eigenvalue weighted by atomic mass is 9.85. The zero-order chi connectivity index (χ0) is 12.6. The number of methoxy groups -OCH3 is 1. The van der Waals surface area contributed by atoms with Crippen molar-refractivity contribution in [3.8, 4) is 0 Å². The normalized spacial score (nSPS) is 14.4. The molecule has 0 amide bonds. The molecule has 2 atom stereocenters. The molecule has 16 heavy (non-hydrogen) atoms. The second-order valence-electron chi connectivity index (χ2n) is 3.81. The van der Waals surface area contributed by atoms with Gasteiger partial charge in [0.25, 0.3) is 0 Å². The summed E-state index contributed by atoms with van der Waals surface area (Å²) in [6.07, 6.45) is 1.99. The van der Waals surface area contributed by atoms with Crippen molar-refractivity contribution in [3.63, 3.8) is 0 Å². The molecule has 94 valence electrons. The molecule has 5 nitrogen and oxygen atoms in total. The maximum absolute atomic E-state index is 11.0. The first-order chi connectivity index (χ1) is 7.54. The number of carboxylic acids is 2. The minimum absolute atomic E-state index is 0.347. The van der Waals surface area contributed by atoms with Crippen LogP contribution in [0.15, 0.2) is 0 Å². The average Bonchev–Trinajstić information content (AvgIpc) is 2.21. The summed E-state index contributed by atoms with van der Waals surface area (Å²) in [5, 5.41) is 18.0. The molecule has 0 radical (unpaired) electrons. The molecule has 2 N–H and O–H groups in total. The van der Waals surface area contributed by atoms with Crippen LogP contribution < -0.4 is 0 Å². The Morgan fingerprint density at radius 1 is 1.12 bits per heavy atom. The fraction of sp³-hybridized carbons (Fsp3) is 0.818. The van der Waals surface area contributed by atoms with Gasteiger partial charge in [-0.3, -0.25) is 9.59 Å². The maximum atomic E-state index is 11.0. The SMILES string of the molecule is CCCC(C(=O)O)C(CCCOC)C(=O)O. The van der Waals surface area contributed by atoms with E-state index in [1.165, 1.54) is 7.11 Å². The van der Waals surface area contributed by atoms with Gasteiger partial charge in [-0.25, -0.2) is 0 Å². The zero-order valence-corrected chi connectivity index (χ0v) is 9.81. The quantitative estimate of drug-likeness (QED) is 0.590. The molecule has 0 aliphatic rings. The standard InChI is InChI=1S/C11H20O5/c1-3-5-8(10(12)13)9(11(14)15)6-4-7-16-2/h8-9H,3-7H2,1-2H3,(H,12,13)(H,14,15). The van der Waals surface area contributed by atoms with E-state index in [0.29, 0.717) is 32.3 Å². The third-order valence-electron chi connectivity index (χ3n) is 2.58. The van der Waals surface area contributed by atoms with Crippen LogP contribution in [-0.4, -0.2) is 35.9 Å². The monoisotopic (exact) mass is 232 g/mol. The topological polar surface area (TPSA) is 83.8 Å². The summed E-state index contributed by atoms with van der Waals surface area (Å²) < 4.78 is 4.83. The number of carbonyl (C=O) groups is 2. The van der Waals surface area contributed by atoms with Gasteiger partial charge in [0.2, 0.25) is 0 Å². The van der Waals surface area contributed by atoms with Crippen molar-refractivity contribution in [1.82, 2.24) is 0 Å². The smallest absolute Gasteiger partial charge is 0.307 e. The highest BCUT2D eigenvalue weighted by atomic mass is 16.5. The lowest BCUT2D eigenvalue weighted by molar-refractivity contribution is -0.154. The summed E-state index contributed by atoms with van der Waals surface area (Å²) in [7, 11) is 1.54. The van der Waals surface area contributed by atoms with Crippen LogP contribution in [0.4, 0.5) is 0 Å². The van der Waals surface area contributed by atoms with Crippen molar-refractivity contribution in [2.75, 3.05) is 13.7 Å². The van der Waals surface area contributed by atoms with Crippen LogP contribution in [0.2, 0.25) is 0 Å². The molecule has 0 bridgehead atoms. The van der Waals surface area contributed by atoms with E-state index >= 15 is 0 Å². The van der Waals surface area contributed by atoms with Gasteiger partial charge in [-0.2, -0.15) is 0 Å². The van der Waals surface area contributed by atoms with Crippen LogP contribution in [0.25, 0.3) is 0 Å². The summed E-state index contributed by atoms with van der Waals surface area (Å²) in [5.74, 6) is -3.66. The van der Waals surface area contributed by atoms with Crippen LogP contribution in [0, 0.1) is 11.8 Å². The summed E-state index contributed by atoms with van der Waals surface area (Å²) in [5.41, 5.74) is 0. The maximum Gasteiger partial charge on any atom is 0.307 e. The van der Waals surface area contributed by atoms with E-state index in [9.17, 15) is 9.59 Å². The first-order valence-corrected chi connectivity index (χ1v) is 5.49. The van der Waals surface area contributed by atoms with Gasteiger partial charge in [0.15, 0.2) is 0 Å². The first kappa shape index (κ1) is 14.9. The van der Waals surface area contributed by atoms with Gasteiger partial charge in [-0.1, -0.05) is 13.3 Å². The summed E-state index contributed by atoms with van der Waals surface area (Å²) in [6.45, 7) is 2.31. The predicted octanol–water partition coefficient (Wildman–Crippen LogP) is 1.61. The molecule has 0 saturated carbocycles. The Hall–Kier alpha value is -1.10. The van der Waals surface area contributed by atoms with Gasteiger partial charge in [-0.15, -0.1) is 0 Å². The number of hydrogen-bond donors (Lipinski definition) is 2. The van der Waals surface area contributed by atoms with Crippen molar-refractivity contribution >= 4 is 11.9 Å². The van der Waals surface area contributed by atoms with Gasteiger partial charge in [0.1, 0.15) is 0 Å². The Labute approximate surface area is 95.4 Å². The highest BCUT2D eigenvalue weighted by Crippen LogP contribution is 2.23. The van der Waals surface area contributed by atoms with Gasteiger partial charge in [-0.05, 0) is 19.3 Å². The second kappa shape index (κ2) is 8.10. The molecule has 0 aromatic rings. The fourth-order valence-corrected chi connectivity index (χ4v) is 1.75. The number of aliphatic carboxylic acids is 2. The van der Waals surface area contributed by atoms with Crippen LogP contribution in [-0.2, 0) is 14.3 Å². The van der Waals surface area contributed by atoms with E-state index < -0.39 is 23.8 Å². The molecule has 0 aromatic heterocycles. The third-order valence-corrected chi connectivity index (χ3v) is 2.58. The van der Waals surface area contributed by atoms with Gasteiger partial charge in [0, 0.05) is 13.7 Å². The molecule has 5 heteroatoms. The highest BCUT2D eigenvalue weighted by Gasteiger charge is 2.32. The van der Waals surface area contributed by atoms with E-state index in [1.54, 1.807) is 0 Å². The molecule has 0 aromatic carbocycles. The molecular formula is C11H20O5. The van der Waals surface area contributed by atoms with E-state index in [4.69, 9.17) is 14.9 Å². The van der Waals surface area contributed by atoms with Gasteiger partial charge in [0.05, 0.1) is 11.8 Å². The van der Waals surface area contributed by atoms with E-state index in [2.05, 4.69) is 0 Å². The van der Waals surface area contributed by atoms with Crippen molar-refractivity contribution in [2.24, 2.45) is 11.8 Å². The largest absolute Gasteiger partial charge is 0.481 e. The minimum Gasteiger partial charge on any atom is -0.481 e. The summed E-state index contributed by atoms with van der Waals surface area (Å²) >= 11 is 0. The lowest BCUT2D eigenvalue weighted by Crippen LogP contribution is -2.30. The molecule has 0 rings (SSSR count). The van der Waals surface area contributed by atoms with E-state index in [1.807, 2.05) is 6.92 Å². The third kappa shape index (κ3) is 5.11. The Bertz CT molecular complexity index is 226. The Balaban J connectivity index is 4.45. The molecule has 0 saturated heterocycles. The molecule has 0 aliphatic heterocycles. The Kier molecular flexibility index (Phi) is 7.54. The van der Waals surface area contributed by atoms with Crippen molar-refractivity contribution < 1.29 is 24.5 Å². The molecule has 0 spiro atoms. The van der Waals surface area contributed by atoms with Crippen LogP contribution in [0.1, 0.15) is 32.6 Å². The summed E-state index contributed by atoms with van der Waals surface area (Å²) in [6, 6.07) is 0. The number of carboxylic acid groups (broad SMARTS) is 2. The van der Waals surface area contributed by atoms with Gasteiger partial charge >= 0.3 is 11.9 Å². The number of rotatable bonds is 9. The van der Waals surface area contributed by atoms with Crippen molar-refractivity contribution in [2.45, 2.75) is 32.6 Å². The Morgan fingerprint density at radius 2 is 1.62 bits per heavy atom. The van der Waals surface area contributed by atoms with Crippen molar-refractivity contribution in [3.05, 3.63) is 0 Å². The first-order valence-electron chi connectivity index (χ1n) is 5.49. The molecule has 0 fully saturated rings. The minimum atomic E-state index is -1.03. The number of ether oxygens (including phenoxy) is 1. The van der Waals surface area contributed by atoms with Crippen LogP contribution >= 0.6 is 0 Å². The predicted molar refractivity (Wildman–Crippen MR) is 58.3 cm³/mol. The van der Waals surface area contributed by atoms with Crippen molar-refractivity contribution in [1.29, 1.82) is 0 Å². The lowest BCUT2D eigenvalue weighted by Gasteiger charge is -2.19. The fourth-order valence-electron chi connectivity index (χ4n) is 1.75. The van der Waals surface area contributed by atoms with E-state index in [0.717, 1.165) is 0 Å². The van der Waals surface area contributed by atoms with E-state index in [-0.39, 0.29) is 0 Å². The zero-order valence-electron chi connectivity index (χ0n) is 9.81. The van der Waals surface area contributed by atoms with Crippen LogP contribution in [0.3, 0.4) is 0 Å². The Morgan fingerprint density at radius 3 is 2.00 bits per heavy atom. The number of hydrogen-bond acceptors (Lipinski definition) is 3. The molecule has 0 heterocycles. The molecule has 0 aliphatic carbocycles. The molecular weight excluding hydrogens is 212 g/mol. The summed E-state index contributed by atoms with van der Waals surface area (Å²) in [4.78, 5) is 22.0.